The lowest BCUT2D eigenvalue weighted by Crippen LogP contribution is -1.99. The Bertz CT molecular complexity index is 3520. The molecule has 0 saturated carbocycles. The van der Waals surface area contributed by atoms with E-state index in [1.54, 1.807) is 0 Å². The smallest absolute Gasteiger partial charge is 0.0620 e. The Hall–Kier alpha value is -7.94. The quantitative estimate of drug-likeness (QED) is 0.149. The lowest BCUT2D eigenvalue weighted by atomic mass is 9.93. The van der Waals surface area contributed by atoms with Gasteiger partial charge in [-0.25, -0.2) is 0 Å². The molecule has 12 rings (SSSR count). The Balaban J connectivity index is 1.21. The van der Waals surface area contributed by atoms with E-state index >= 15 is 0 Å². The topological polar surface area (TPSA) is 9.86 Å². The van der Waals surface area contributed by atoms with Crippen molar-refractivity contribution in [2.24, 2.45) is 0 Å². The summed E-state index contributed by atoms with van der Waals surface area (Å²) in [6, 6.07) is 84.2. The van der Waals surface area contributed by atoms with E-state index in [-0.39, 0.29) is 0 Å². The predicted octanol–water partition coefficient (Wildman–Crippen LogP) is 15.7. The van der Waals surface area contributed by atoms with Gasteiger partial charge in [-0.3, -0.25) is 0 Å². The second-order valence-electron chi connectivity index (χ2n) is 15.6. The fourth-order valence-corrected chi connectivity index (χ4v) is 9.73. The van der Waals surface area contributed by atoms with E-state index in [9.17, 15) is 0 Å². The lowest BCUT2D eigenvalue weighted by molar-refractivity contribution is 1.13. The third kappa shape index (κ3) is 5.28. The SMILES string of the molecule is c1ccc(-c2ccc(-n3c(-c4ccccc4)c(-c4c(-c5ccccc5)n(-c5ccc6c7ccccc7c7ccccc7c6c5)c5ccccc45)c4ccccc43)cc2)cc1. The molecule has 0 spiro atoms. The van der Waals surface area contributed by atoms with Crippen LogP contribution in [0.2, 0.25) is 0 Å². The largest absolute Gasteiger partial charge is 0.309 e. The van der Waals surface area contributed by atoms with Crippen LogP contribution in [0.3, 0.4) is 0 Å². The summed E-state index contributed by atoms with van der Waals surface area (Å²) >= 11 is 0. The first kappa shape index (κ1) is 34.1. The molecule has 12 aromatic rings. The zero-order valence-corrected chi connectivity index (χ0v) is 32.8. The van der Waals surface area contributed by atoms with Crippen molar-refractivity contribution in [1.82, 2.24) is 9.13 Å². The van der Waals surface area contributed by atoms with E-state index in [4.69, 9.17) is 0 Å². The molecule has 0 radical (unpaired) electrons. The van der Waals surface area contributed by atoms with Gasteiger partial charge in [0, 0.05) is 33.3 Å². The number of para-hydroxylation sites is 2. The molecule has 0 aliphatic heterocycles. The Labute approximate surface area is 348 Å². The molecule has 2 heteroatoms. The van der Waals surface area contributed by atoms with Crippen molar-refractivity contribution < 1.29 is 0 Å². The Morgan fingerprint density at radius 2 is 0.550 bits per heavy atom. The van der Waals surface area contributed by atoms with Crippen molar-refractivity contribution in [3.8, 4) is 56.1 Å². The maximum atomic E-state index is 2.51. The molecule has 2 nitrogen and oxygen atoms in total. The van der Waals surface area contributed by atoms with Crippen molar-refractivity contribution in [2.75, 3.05) is 0 Å². The van der Waals surface area contributed by atoms with Gasteiger partial charge in [0.25, 0.3) is 0 Å². The number of nitrogens with zero attached hydrogens (tertiary/aromatic N) is 2. The summed E-state index contributed by atoms with van der Waals surface area (Å²) in [6.45, 7) is 0. The lowest BCUT2D eigenvalue weighted by Gasteiger charge is -2.17. The highest BCUT2D eigenvalue weighted by Gasteiger charge is 2.29. The van der Waals surface area contributed by atoms with Crippen LogP contribution in [0.5, 0.6) is 0 Å². The summed E-state index contributed by atoms with van der Waals surface area (Å²) < 4.78 is 4.99. The highest BCUT2D eigenvalue weighted by Crippen LogP contribution is 2.51. The number of benzene rings is 10. The third-order valence-electron chi connectivity index (χ3n) is 12.3. The number of hydrogen-bond donors (Lipinski definition) is 0. The van der Waals surface area contributed by atoms with Crippen LogP contribution >= 0.6 is 0 Å². The first-order valence-electron chi connectivity index (χ1n) is 20.7. The molecule has 0 aliphatic rings. The monoisotopic (exact) mass is 762 g/mol. The minimum absolute atomic E-state index is 1.12. The number of hydrogen-bond acceptors (Lipinski definition) is 0. The summed E-state index contributed by atoms with van der Waals surface area (Å²) in [5.74, 6) is 0. The first-order valence-corrected chi connectivity index (χ1v) is 20.7. The van der Waals surface area contributed by atoms with E-state index in [2.05, 4.69) is 240 Å². The van der Waals surface area contributed by atoms with E-state index in [0.717, 1.165) is 22.5 Å². The summed E-state index contributed by atoms with van der Waals surface area (Å²) in [4.78, 5) is 0. The molecule has 0 aliphatic carbocycles. The molecule has 0 amide bonds. The van der Waals surface area contributed by atoms with Crippen molar-refractivity contribution in [1.29, 1.82) is 0 Å². The molecule has 2 heterocycles. The highest BCUT2D eigenvalue weighted by atomic mass is 15.0. The zero-order valence-electron chi connectivity index (χ0n) is 32.8. The molecule has 0 unspecified atom stereocenters. The fourth-order valence-electron chi connectivity index (χ4n) is 9.73. The fraction of sp³-hybridized carbons (Fsp3) is 0. The summed E-state index contributed by atoms with van der Waals surface area (Å²) in [5, 5.41) is 10.0. The Morgan fingerprint density at radius 1 is 0.217 bits per heavy atom. The van der Waals surface area contributed by atoms with Crippen LogP contribution < -0.4 is 0 Å². The van der Waals surface area contributed by atoms with Crippen LogP contribution in [0.1, 0.15) is 0 Å². The van der Waals surface area contributed by atoms with Crippen LogP contribution in [0, 0.1) is 0 Å². The van der Waals surface area contributed by atoms with E-state index in [1.165, 1.54) is 87.8 Å². The van der Waals surface area contributed by atoms with Gasteiger partial charge in [-0.2, -0.15) is 0 Å². The van der Waals surface area contributed by atoms with Crippen LogP contribution in [0.25, 0.3) is 110 Å². The summed E-state index contributed by atoms with van der Waals surface area (Å²) in [5.41, 5.74) is 14.1. The molecule has 0 bridgehead atoms. The second-order valence-corrected chi connectivity index (χ2v) is 15.6. The van der Waals surface area contributed by atoms with Crippen molar-refractivity contribution >= 4 is 54.1 Å². The van der Waals surface area contributed by atoms with Crippen LogP contribution in [0.4, 0.5) is 0 Å². The molecule has 60 heavy (non-hydrogen) atoms. The minimum atomic E-state index is 1.12. The van der Waals surface area contributed by atoms with Gasteiger partial charge in [-0.1, -0.05) is 194 Å². The average Bonchev–Trinajstić information content (AvgIpc) is 3.85. The number of aromatic nitrogens is 2. The molecule has 0 fully saturated rings. The highest BCUT2D eigenvalue weighted by molar-refractivity contribution is 6.26. The maximum absolute atomic E-state index is 2.51. The predicted molar refractivity (Wildman–Crippen MR) is 254 cm³/mol. The Morgan fingerprint density at radius 3 is 1.03 bits per heavy atom. The number of fused-ring (bicyclic) bond motifs is 8. The van der Waals surface area contributed by atoms with E-state index in [0.29, 0.717) is 0 Å². The van der Waals surface area contributed by atoms with Gasteiger partial charge < -0.3 is 9.13 Å². The third-order valence-corrected chi connectivity index (χ3v) is 12.3. The van der Waals surface area contributed by atoms with Gasteiger partial charge in [0.15, 0.2) is 0 Å². The van der Waals surface area contributed by atoms with Gasteiger partial charge >= 0.3 is 0 Å². The number of rotatable bonds is 6. The van der Waals surface area contributed by atoms with Crippen LogP contribution in [-0.2, 0) is 0 Å². The van der Waals surface area contributed by atoms with Crippen LogP contribution in [0.15, 0.2) is 231 Å². The molecule has 0 N–H and O–H groups in total. The molecule has 280 valence electrons. The maximum Gasteiger partial charge on any atom is 0.0620 e. The summed E-state index contributed by atoms with van der Waals surface area (Å²) in [7, 11) is 0. The van der Waals surface area contributed by atoms with Crippen LogP contribution in [-0.4, -0.2) is 9.13 Å². The van der Waals surface area contributed by atoms with Gasteiger partial charge in [0.2, 0.25) is 0 Å². The van der Waals surface area contributed by atoms with E-state index < -0.39 is 0 Å². The molecular formula is C58H38N2. The van der Waals surface area contributed by atoms with Crippen molar-refractivity contribution in [3.05, 3.63) is 231 Å². The zero-order chi connectivity index (χ0) is 39.6. The molecule has 0 saturated heterocycles. The van der Waals surface area contributed by atoms with Gasteiger partial charge in [0.1, 0.15) is 0 Å². The van der Waals surface area contributed by atoms with Gasteiger partial charge in [0.05, 0.1) is 22.4 Å². The average molecular weight is 763 g/mol. The standard InChI is InChI=1S/C58H38N2/c1-4-18-39(19-5-1)40-32-34-43(35-33-40)59-53-30-16-14-28-50(53)55(57(59)41-20-6-2-7-21-41)56-51-29-15-17-31-54(51)60(58(56)42-22-8-3-9-23-42)44-36-37-49-47-26-11-10-24-45(47)46-25-12-13-27-48(46)52(49)38-44/h1-38H. The van der Waals surface area contributed by atoms with E-state index in [1.807, 2.05) is 0 Å². The molecule has 0 atom stereocenters. The van der Waals surface area contributed by atoms with Crippen molar-refractivity contribution in [2.45, 2.75) is 0 Å². The molecule has 2 aromatic heterocycles. The Kier molecular flexibility index (Phi) is 7.89. The second kappa shape index (κ2) is 13.9. The first-order chi connectivity index (χ1) is 29.8. The summed E-state index contributed by atoms with van der Waals surface area (Å²) in [6.07, 6.45) is 0. The van der Waals surface area contributed by atoms with Crippen molar-refractivity contribution in [3.63, 3.8) is 0 Å². The van der Waals surface area contributed by atoms with Gasteiger partial charge in [-0.05, 0) is 91.0 Å². The normalized spacial score (nSPS) is 11.7. The van der Waals surface area contributed by atoms with Gasteiger partial charge in [-0.15, -0.1) is 0 Å². The molecular weight excluding hydrogens is 725 g/mol. The minimum Gasteiger partial charge on any atom is -0.309 e. The molecule has 10 aromatic carbocycles.